The third kappa shape index (κ3) is 2.27. The molecule has 0 spiro atoms. The molecular weight excluding hydrogens is 230 g/mol. The molecule has 0 atom stereocenters. The van der Waals surface area contributed by atoms with Crippen LogP contribution in [0.3, 0.4) is 0 Å². The molecule has 0 bridgehead atoms. The zero-order valence-corrected chi connectivity index (χ0v) is 10.1. The van der Waals surface area contributed by atoms with Gasteiger partial charge in [0.15, 0.2) is 0 Å². The average Bonchev–Trinajstić information content (AvgIpc) is 2.35. The van der Waals surface area contributed by atoms with E-state index in [4.69, 9.17) is 15.9 Å². The summed E-state index contributed by atoms with van der Waals surface area (Å²) in [5.74, 6) is 0.653. The Bertz CT molecular complexity index is 583. The number of pyridine rings is 1. The number of nitrogens with one attached hydrogen (secondary N) is 1. The summed E-state index contributed by atoms with van der Waals surface area (Å²) in [7, 11) is 0. The van der Waals surface area contributed by atoms with E-state index in [0.717, 1.165) is 11.3 Å². The van der Waals surface area contributed by atoms with Crippen LogP contribution >= 0.6 is 0 Å². The highest BCUT2D eigenvalue weighted by atomic mass is 16.5. The van der Waals surface area contributed by atoms with Crippen LogP contribution in [0.2, 0.25) is 0 Å². The molecule has 0 radical (unpaired) electrons. The molecule has 0 aromatic carbocycles. The highest BCUT2D eigenvalue weighted by Gasteiger charge is 2.15. The summed E-state index contributed by atoms with van der Waals surface area (Å²) in [5.41, 5.74) is 7.53. The molecule has 18 heavy (non-hydrogen) atoms. The normalized spacial score (nSPS) is 10.1. The van der Waals surface area contributed by atoms with Crippen molar-refractivity contribution in [2.24, 2.45) is 5.73 Å². The lowest BCUT2D eigenvalue weighted by atomic mass is 10.1. The van der Waals surface area contributed by atoms with Crippen molar-refractivity contribution in [1.82, 2.24) is 15.2 Å². The number of nitrogen functional groups attached to an aromatic ring is 1. The molecule has 0 aliphatic heterocycles. The number of nitrogens with two attached hydrogens (primary N) is 1. The maximum atomic E-state index is 7.59. The fraction of sp³-hybridized carbons (Fsp3) is 0.167. The Morgan fingerprint density at radius 1 is 1.33 bits per heavy atom. The fourth-order valence-corrected chi connectivity index (χ4v) is 1.49. The first-order valence-corrected chi connectivity index (χ1v) is 5.35. The molecule has 0 aliphatic rings. The average molecular weight is 243 g/mol. The van der Waals surface area contributed by atoms with Crippen LogP contribution in [-0.4, -0.2) is 21.0 Å². The van der Waals surface area contributed by atoms with Gasteiger partial charge < -0.3 is 10.5 Å². The lowest BCUT2D eigenvalue weighted by Gasteiger charge is -2.11. The van der Waals surface area contributed by atoms with Crippen LogP contribution in [-0.2, 0) is 0 Å². The standard InChI is InChI=1S/C12H13N5O/c1-7-8(2)16-17-12(10(7)11(13)14)18-9-4-3-5-15-6-9/h3-6H,1-2H3,(H3,13,14). The number of hydrogen-bond acceptors (Lipinski definition) is 5. The van der Waals surface area contributed by atoms with Crippen LogP contribution in [0.5, 0.6) is 11.6 Å². The van der Waals surface area contributed by atoms with Gasteiger partial charge in [0.1, 0.15) is 11.6 Å². The first-order chi connectivity index (χ1) is 8.59. The van der Waals surface area contributed by atoms with Crippen LogP contribution in [0, 0.1) is 19.3 Å². The molecule has 6 heteroatoms. The van der Waals surface area contributed by atoms with E-state index in [1.54, 1.807) is 24.5 Å². The smallest absolute Gasteiger partial charge is 0.250 e. The lowest BCUT2D eigenvalue weighted by molar-refractivity contribution is 0.450. The maximum absolute atomic E-state index is 7.59. The van der Waals surface area contributed by atoms with Crippen LogP contribution in [0.4, 0.5) is 0 Å². The van der Waals surface area contributed by atoms with Gasteiger partial charge in [-0.15, -0.1) is 5.10 Å². The molecule has 0 saturated heterocycles. The molecule has 0 fully saturated rings. The van der Waals surface area contributed by atoms with E-state index >= 15 is 0 Å². The minimum atomic E-state index is -0.0932. The van der Waals surface area contributed by atoms with E-state index < -0.39 is 0 Å². The molecule has 6 nitrogen and oxygen atoms in total. The van der Waals surface area contributed by atoms with Crippen molar-refractivity contribution >= 4 is 5.84 Å². The predicted molar refractivity (Wildman–Crippen MR) is 66.8 cm³/mol. The first kappa shape index (κ1) is 12.0. The maximum Gasteiger partial charge on any atom is 0.250 e. The van der Waals surface area contributed by atoms with E-state index in [0.29, 0.717) is 11.3 Å². The predicted octanol–water partition coefficient (Wildman–Crippen LogP) is 1.56. The number of nitrogens with zero attached hydrogens (tertiary/aromatic N) is 3. The van der Waals surface area contributed by atoms with Crippen molar-refractivity contribution in [2.75, 3.05) is 0 Å². The number of aryl methyl sites for hydroxylation is 1. The number of ether oxygens (including phenoxy) is 1. The first-order valence-electron chi connectivity index (χ1n) is 5.35. The molecule has 0 saturated carbocycles. The fourth-order valence-electron chi connectivity index (χ4n) is 1.49. The third-order valence-electron chi connectivity index (χ3n) is 2.54. The largest absolute Gasteiger partial charge is 0.435 e. The highest BCUT2D eigenvalue weighted by molar-refractivity contribution is 5.98. The summed E-state index contributed by atoms with van der Waals surface area (Å²) in [6, 6.07) is 3.49. The Balaban J connectivity index is 2.45. The van der Waals surface area contributed by atoms with E-state index in [-0.39, 0.29) is 11.7 Å². The second-order valence-corrected chi connectivity index (χ2v) is 3.80. The molecule has 2 aromatic heterocycles. The van der Waals surface area contributed by atoms with E-state index in [1.807, 2.05) is 13.8 Å². The summed E-state index contributed by atoms with van der Waals surface area (Å²) in [6.45, 7) is 3.64. The second kappa shape index (κ2) is 4.79. The van der Waals surface area contributed by atoms with Gasteiger partial charge in [0, 0.05) is 6.20 Å². The van der Waals surface area contributed by atoms with Gasteiger partial charge >= 0.3 is 0 Å². The highest BCUT2D eigenvalue weighted by Crippen LogP contribution is 2.24. The van der Waals surface area contributed by atoms with Gasteiger partial charge in [-0.2, -0.15) is 5.10 Å². The van der Waals surface area contributed by atoms with Crippen molar-refractivity contribution in [1.29, 1.82) is 5.41 Å². The van der Waals surface area contributed by atoms with E-state index in [2.05, 4.69) is 15.2 Å². The van der Waals surface area contributed by atoms with Crippen molar-refractivity contribution in [3.8, 4) is 11.6 Å². The zero-order valence-electron chi connectivity index (χ0n) is 10.1. The number of amidine groups is 1. The zero-order chi connectivity index (χ0) is 13.1. The van der Waals surface area contributed by atoms with Gasteiger partial charge in [0.2, 0.25) is 5.88 Å². The van der Waals surface area contributed by atoms with Gasteiger partial charge in [0.05, 0.1) is 17.5 Å². The minimum absolute atomic E-state index is 0.0932. The molecule has 0 aliphatic carbocycles. The molecule has 0 unspecified atom stereocenters. The number of hydrogen-bond donors (Lipinski definition) is 2. The Labute approximate surface area is 104 Å². The van der Waals surface area contributed by atoms with E-state index in [9.17, 15) is 0 Å². The lowest BCUT2D eigenvalue weighted by Crippen LogP contribution is -2.16. The van der Waals surface area contributed by atoms with Gasteiger partial charge in [-0.25, -0.2) is 0 Å². The van der Waals surface area contributed by atoms with Gasteiger partial charge in [-0.3, -0.25) is 10.4 Å². The molecule has 92 valence electrons. The van der Waals surface area contributed by atoms with Crippen molar-refractivity contribution in [3.63, 3.8) is 0 Å². The number of rotatable bonds is 3. The molecule has 2 heterocycles. The summed E-state index contributed by atoms with van der Waals surface area (Å²) >= 11 is 0. The quantitative estimate of drug-likeness (QED) is 0.629. The van der Waals surface area contributed by atoms with Crippen molar-refractivity contribution in [2.45, 2.75) is 13.8 Å². The Morgan fingerprint density at radius 3 is 2.72 bits per heavy atom. The SMILES string of the molecule is Cc1nnc(Oc2cccnc2)c(C(=N)N)c1C. The van der Waals surface area contributed by atoms with Crippen LogP contribution < -0.4 is 10.5 Å². The van der Waals surface area contributed by atoms with Crippen molar-refractivity contribution < 1.29 is 4.74 Å². The van der Waals surface area contributed by atoms with Crippen LogP contribution in [0.1, 0.15) is 16.8 Å². The van der Waals surface area contributed by atoms with Gasteiger partial charge in [-0.05, 0) is 31.5 Å². The molecule has 2 aromatic rings. The second-order valence-electron chi connectivity index (χ2n) is 3.80. The van der Waals surface area contributed by atoms with Crippen molar-refractivity contribution in [3.05, 3.63) is 41.3 Å². The summed E-state index contributed by atoms with van der Waals surface area (Å²) in [4.78, 5) is 3.94. The molecule has 3 N–H and O–H groups in total. The molecule has 0 amide bonds. The topological polar surface area (TPSA) is 97.8 Å². The molecular formula is C12H13N5O. The van der Waals surface area contributed by atoms with Gasteiger partial charge in [0.25, 0.3) is 0 Å². The van der Waals surface area contributed by atoms with E-state index in [1.165, 1.54) is 0 Å². The summed E-state index contributed by atoms with van der Waals surface area (Å²) < 4.78 is 5.55. The Hall–Kier alpha value is -2.50. The Morgan fingerprint density at radius 2 is 2.11 bits per heavy atom. The van der Waals surface area contributed by atoms with Crippen LogP contribution in [0.25, 0.3) is 0 Å². The minimum Gasteiger partial charge on any atom is -0.435 e. The summed E-state index contributed by atoms with van der Waals surface area (Å²) in [6.07, 6.45) is 3.20. The molecule has 2 rings (SSSR count). The monoisotopic (exact) mass is 243 g/mol. The Kier molecular flexibility index (Phi) is 3.18. The third-order valence-corrected chi connectivity index (χ3v) is 2.54. The summed E-state index contributed by atoms with van der Waals surface area (Å²) in [5, 5.41) is 15.5. The van der Waals surface area contributed by atoms with Gasteiger partial charge in [-0.1, -0.05) is 0 Å². The van der Waals surface area contributed by atoms with Crippen LogP contribution in [0.15, 0.2) is 24.5 Å². The number of aromatic nitrogens is 3.